The number of alkyl halides is 9. The summed E-state index contributed by atoms with van der Waals surface area (Å²) in [7, 11) is 0. The number of carbonyl (C=O) groups is 3. The van der Waals surface area contributed by atoms with E-state index in [1.165, 1.54) is 23.6 Å². The zero-order chi connectivity index (χ0) is 38.3. The topological polar surface area (TPSA) is 227 Å². The Morgan fingerprint density at radius 1 is 1.10 bits per heavy atom. The predicted molar refractivity (Wildman–Crippen MR) is 159 cm³/mol. The van der Waals surface area contributed by atoms with Crippen LogP contribution in [0.4, 0.5) is 51.0 Å². The van der Waals surface area contributed by atoms with Gasteiger partial charge in [0.2, 0.25) is 5.91 Å². The van der Waals surface area contributed by atoms with Gasteiger partial charge in [-0.25, -0.2) is 9.78 Å². The first-order chi connectivity index (χ1) is 22.4. The lowest BCUT2D eigenvalue weighted by Gasteiger charge is -2.17. The van der Waals surface area contributed by atoms with E-state index >= 15 is 0 Å². The van der Waals surface area contributed by atoms with Crippen molar-refractivity contribution in [3.63, 3.8) is 0 Å². The zero-order valence-corrected chi connectivity index (χ0v) is 25.8. The summed E-state index contributed by atoms with van der Waals surface area (Å²) in [5.41, 5.74) is 9.33. The molecule has 0 saturated carbocycles. The van der Waals surface area contributed by atoms with Crippen LogP contribution in [-0.4, -0.2) is 62.8 Å². The normalized spacial score (nSPS) is 10.8. The van der Waals surface area contributed by atoms with Crippen molar-refractivity contribution in [2.45, 2.75) is 52.0 Å². The van der Waals surface area contributed by atoms with Crippen molar-refractivity contribution in [2.75, 3.05) is 11.1 Å². The number of nitrogens with zero attached hydrogens (tertiary/aromatic N) is 2. The number of amides is 1. The quantitative estimate of drug-likeness (QED) is 0.0563. The van der Waals surface area contributed by atoms with E-state index in [0.29, 0.717) is 4.88 Å². The third kappa shape index (κ3) is 16.4. The van der Waals surface area contributed by atoms with Crippen LogP contribution in [0.3, 0.4) is 0 Å². The van der Waals surface area contributed by atoms with Crippen LogP contribution >= 0.6 is 11.3 Å². The first kappa shape index (κ1) is 43.6. The molecule has 0 fully saturated rings. The summed E-state index contributed by atoms with van der Waals surface area (Å²) in [6, 6.07) is 6.14. The molecule has 0 spiro atoms. The Labute approximate surface area is 273 Å². The third-order valence-electron chi connectivity index (χ3n) is 4.99. The largest absolute Gasteiger partial charge is 0.490 e. The van der Waals surface area contributed by atoms with Crippen LogP contribution in [0.1, 0.15) is 29.2 Å². The van der Waals surface area contributed by atoms with Crippen molar-refractivity contribution in [2.24, 2.45) is 5.73 Å². The number of amidine groups is 1. The van der Waals surface area contributed by atoms with E-state index in [9.17, 15) is 49.1 Å². The van der Waals surface area contributed by atoms with Gasteiger partial charge >= 0.3 is 25.0 Å². The molecule has 0 radical (unpaired) electrons. The third-order valence-corrected chi connectivity index (χ3v) is 6.11. The molecular formula is C26H28F9N7O6S. The molecule has 2 aromatic heterocycles. The maximum absolute atomic E-state index is 13.3. The summed E-state index contributed by atoms with van der Waals surface area (Å²) < 4.78 is 102. The number of nitrogen functional groups attached to an aromatic ring is 2. The first-order valence-corrected chi connectivity index (χ1v) is 13.6. The van der Waals surface area contributed by atoms with Gasteiger partial charge in [0.05, 0.1) is 28.9 Å². The van der Waals surface area contributed by atoms with Crippen molar-refractivity contribution in [3.8, 4) is 11.3 Å². The number of hydrogen-bond acceptors (Lipinski definition) is 9. The number of carboxylic acid groups (broad SMARTS) is 2. The van der Waals surface area contributed by atoms with Gasteiger partial charge in [-0.15, -0.1) is 11.3 Å². The Morgan fingerprint density at radius 3 is 2.06 bits per heavy atom. The highest BCUT2D eigenvalue weighted by Crippen LogP contribution is 2.34. The number of rotatable bonds is 8. The number of nitrogens with one attached hydrogen (secondary N) is 3. The Kier molecular flexibility index (Phi) is 17.3. The fourth-order valence-corrected chi connectivity index (χ4v) is 4.02. The molecule has 0 saturated heterocycles. The molecule has 3 aromatic rings. The summed E-state index contributed by atoms with van der Waals surface area (Å²) in [6.07, 6.45) is -8.51. The second kappa shape index (κ2) is 19.5. The van der Waals surface area contributed by atoms with Crippen molar-refractivity contribution in [1.82, 2.24) is 14.9 Å². The monoisotopic (exact) mass is 737 g/mol. The van der Waals surface area contributed by atoms with Crippen LogP contribution in [-0.2, 0) is 33.6 Å². The van der Waals surface area contributed by atoms with Gasteiger partial charge in [0.15, 0.2) is 5.82 Å². The Morgan fingerprint density at radius 2 is 1.63 bits per heavy atom. The van der Waals surface area contributed by atoms with Gasteiger partial charge < -0.3 is 32.3 Å². The number of anilines is 2. The van der Waals surface area contributed by atoms with Crippen molar-refractivity contribution >= 4 is 47.0 Å². The lowest BCUT2D eigenvalue weighted by Crippen LogP contribution is -2.34. The lowest BCUT2D eigenvalue weighted by molar-refractivity contribution is -0.192. The molecule has 0 aliphatic heterocycles. The minimum atomic E-state index is -5.08. The van der Waals surface area contributed by atoms with Gasteiger partial charge in [0, 0.05) is 22.2 Å². The Balaban J connectivity index is 0.00000139. The van der Waals surface area contributed by atoms with Crippen molar-refractivity contribution in [1.29, 1.82) is 5.41 Å². The maximum Gasteiger partial charge on any atom is 0.490 e. The van der Waals surface area contributed by atoms with Gasteiger partial charge in [-0.2, -0.15) is 39.5 Å². The molecule has 0 bridgehead atoms. The van der Waals surface area contributed by atoms with E-state index in [-0.39, 0.29) is 47.7 Å². The molecule has 0 atom stereocenters. The number of benzene rings is 1. The highest BCUT2D eigenvalue weighted by Gasteiger charge is 2.38. The number of carbonyl (C=O) groups excluding carboxylic acids is 1. The molecule has 23 heteroatoms. The van der Waals surface area contributed by atoms with Crippen LogP contribution in [0, 0.1) is 5.41 Å². The summed E-state index contributed by atoms with van der Waals surface area (Å²) in [4.78, 5) is 48.4. The van der Waals surface area contributed by atoms with E-state index < -0.39 is 48.6 Å². The van der Waals surface area contributed by atoms with Gasteiger partial charge in [0.25, 0.3) is 12.0 Å². The number of thiophene rings is 1. The van der Waals surface area contributed by atoms with E-state index in [0.717, 1.165) is 21.6 Å². The van der Waals surface area contributed by atoms with Gasteiger partial charge in [-0.1, -0.05) is 0 Å². The number of halogens is 9. The molecule has 1 aromatic carbocycles. The van der Waals surface area contributed by atoms with E-state index in [1.807, 2.05) is 0 Å². The van der Waals surface area contributed by atoms with Crippen LogP contribution in [0.15, 0.2) is 41.3 Å². The molecular weight excluding hydrogens is 709 g/mol. The van der Waals surface area contributed by atoms with Crippen molar-refractivity contribution in [3.05, 3.63) is 62.2 Å². The molecule has 0 aliphatic carbocycles. The lowest BCUT2D eigenvalue weighted by atomic mass is 10.1. The number of carboxylic acids is 1. The average Bonchev–Trinajstić information content (AvgIpc) is 3.43. The van der Waals surface area contributed by atoms with Gasteiger partial charge in [0.1, 0.15) is 12.4 Å². The number of aliphatic carboxylic acids is 1. The molecule has 1 amide bonds. The number of hydrogen-bond donors (Lipinski definition) is 7. The molecule has 0 unspecified atom stereocenters. The molecule has 272 valence electrons. The van der Waals surface area contributed by atoms with E-state index in [1.54, 1.807) is 26.0 Å². The molecule has 2 heterocycles. The second-order valence-electron chi connectivity index (χ2n) is 9.14. The number of aromatic nitrogens is 2. The van der Waals surface area contributed by atoms with Crippen LogP contribution < -0.4 is 27.7 Å². The maximum atomic E-state index is 13.3. The van der Waals surface area contributed by atoms with Crippen LogP contribution in [0.5, 0.6) is 0 Å². The molecule has 9 N–H and O–H groups in total. The number of nitrogens with two attached hydrogens (primary N) is 2. The van der Waals surface area contributed by atoms with Crippen LogP contribution in [0.2, 0.25) is 0 Å². The van der Waals surface area contributed by atoms with E-state index in [2.05, 4.69) is 15.6 Å². The second-order valence-corrected chi connectivity index (χ2v) is 10.3. The fraction of sp³-hybridized carbons (Fsp3) is 0.308. The predicted octanol–water partition coefficient (Wildman–Crippen LogP) is 4.51. The minimum absolute atomic E-state index is 0.00446. The highest BCUT2D eigenvalue weighted by molar-refractivity contribution is 7.14. The summed E-state index contributed by atoms with van der Waals surface area (Å²) in [5.74, 6) is -3.44. The zero-order valence-electron chi connectivity index (χ0n) is 25.0. The van der Waals surface area contributed by atoms with Gasteiger partial charge in [-0.3, -0.25) is 24.4 Å². The average molecular weight is 738 g/mol. The molecule has 13 nitrogen and oxygen atoms in total. The Hall–Kier alpha value is -5.35. The molecule has 3 rings (SSSR count). The highest BCUT2D eigenvalue weighted by atomic mass is 32.1. The Bertz CT molecular complexity index is 1620. The first-order valence-electron chi connectivity index (χ1n) is 12.8. The summed E-state index contributed by atoms with van der Waals surface area (Å²) in [6.45, 7) is -0.685. The van der Waals surface area contributed by atoms with Gasteiger partial charge in [-0.05, 0) is 44.2 Å². The minimum Gasteiger partial charge on any atom is -0.483 e. The summed E-state index contributed by atoms with van der Waals surface area (Å²) in [5, 5.41) is 27.0. The molecule has 0 aliphatic rings. The SMILES string of the molecule is CC(C)Nc1ncc(-c2cc(N)cc(C(F)(F)F)c2)n(CC(=O)NCc2ccc(C(=N)N)s2)c1=O.FC(F)F.O=C(O)C(F)(F)F.O=CO. The van der Waals surface area contributed by atoms with E-state index in [4.69, 9.17) is 36.7 Å². The smallest absolute Gasteiger partial charge is 0.483 e. The van der Waals surface area contributed by atoms with Crippen LogP contribution in [0.25, 0.3) is 11.3 Å². The fourth-order valence-electron chi connectivity index (χ4n) is 3.21. The van der Waals surface area contributed by atoms with Crippen molar-refractivity contribution < 1.29 is 64.1 Å². The summed E-state index contributed by atoms with van der Waals surface area (Å²) >= 11 is 1.23. The standard InChI is InChI=1S/C22H24F3N7O2S.C2HF3O2.CHF3.CH2O2/c1-11(2)31-20-21(34)32(10-18(33)29-8-15-3-4-17(35-15)19(27)28)16(9-30-20)12-5-13(22(23,24)25)7-14(26)6-12;3-2(4,5)1(6)7;2-1(3)4;2-1-3/h3-7,9,11H,8,10,26H2,1-2H3,(H3,27,28)(H,29,33)(H,30,31);(H,6,7);1H;1H,(H,2,3). The molecule has 49 heavy (non-hydrogen) atoms.